The fourth-order valence-corrected chi connectivity index (χ4v) is 3.51. The minimum Gasteiger partial charge on any atom is -0.377 e. The van der Waals surface area contributed by atoms with Crippen molar-refractivity contribution >= 4 is 22.9 Å². The quantitative estimate of drug-likeness (QED) is 0.247. The molecule has 0 spiro atoms. The fourth-order valence-electron chi connectivity index (χ4n) is 3.51. The number of aromatic amines is 1. The van der Waals surface area contributed by atoms with Crippen LogP contribution in [0, 0.1) is 0 Å². The smallest absolute Gasteiger partial charge is 0.267 e. The first-order valence-corrected chi connectivity index (χ1v) is 10.6. The Balaban J connectivity index is 1.63. The molecule has 1 amide bonds. The third-order valence-corrected chi connectivity index (χ3v) is 5.15. The molecule has 1 aromatic heterocycles. The van der Waals surface area contributed by atoms with Crippen LogP contribution in [0.25, 0.3) is 17.0 Å². The van der Waals surface area contributed by atoms with Crippen molar-refractivity contribution in [2.24, 2.45) is 0 Å². The van der Waals surface area contributed by atoms with Crippen LogP contribution in [0.5, 0.6) is 0 Å². The number of carbonyl (C=O) groups excluding carboxylic acids is 1. The first-order chi connectivity index (χ1) is 15.0. The van der Waals surface area contributed by atoms with Gasteiger partial charge in [-0.2, -0.15) is 0 Å². The Hall–Kier alpha value is -2.93. The van der Waals surface area contributed by atoms with E-state index in [4.69, 9.17) is 9.94 Å². The lowest BCUT2D eigenvalue weighted by atomic mass is 10.1. The molecule has 0 aliphatic carbocycles. The number of hydroxylamine groups is 1. The molecule has 0 aliphatic heterocycles. The van der Waals surface area contributed by atoms with Crippen LogP contribution in [-0.4, -0.2) is 46.8 Å². The molecule has 6 heteroatoms. The average Bonchev–Trinajstić information content (AvgIpc) is 3.19. The maximum absolute atomic E-state index is 11.1. The zero-order chi connectivity index (χ0) is 22.1. The lowest BCUT2D eigenvalue weighted by molar-refractivity contribution is -0.124. The standard InChI is InChI=1S/C25H31N3O3/c1-19(2)31-16-15-28(14-13-22-17-26-24-6-4-3-5-23(22)24)18-21-9-7-20(8-10-21)11-12-25(29)27-30/h3-12,17,19,26,30H,13-16,18H2,1-2H3,(H,27,29)/b12-11+. The number of ether oxygens (including phenoxy) is 1. The van der Waals surface area contributed by atoms with Crippen LogP contribution in [0.1, 0.15) is 30.5 Å². The van der Waals surface area contributed by atoms with Crippen LogP contribution in [0.4, 0.5) is 0 Å². The van der Waals surface area contributed by atoms with E-state index in [0.29, 0.717) is 6.61 Å². The van der Waals surface area contributed by atoms with Crippen molar-refractivity contribution in [1.29, 1.82) is 0 Å². The Kier molecular flexibility index (Phi) is 8.41. The highest BCUT2D eigenvalue weighted by atomic mass is 16.5. The Morgan fingerprint density at radius 2 is 1.94 bits per heavy atom. The number of H-pyrrole nitrogens is 1. The first-order valence-electron chi connectivity index (χ1n) is 10.6. The molecule has 0 saturated heterocycles. The van der Waals surface area contributed by atoms with Crippen molar-refractivity contribution in [2.45, 2.75) is 32.9 Å². The summed E-state index contributed by atoms with van der Waals surface area (Å²) in [6, 6.07) is 16.5. The molecule has 0 unspecified atom stereocenters. The zero-order valence-corrected chi connectivity index (χ0v) is 18.2. The number of aromatic nitrogens is 1. The lowest BCUT2D eigenvalue weighted by Gasteiger charge is -2.23. The van der Waals surface area contributed by atoms with E-state index in [9.17, 15) is 4.79 Å². The van der Waals surface area contributed by atoms with Crippen molar-refractivity contribution in [3.8, 4) is 0 Å². The normalized spacial score (nSPS) is 11.8. The van der Waals surface area contributed by atoms with E-state index >= 15 is 0 Å². The van der Waals surface area contributed by atoms with Gasteiger partial charge in [-0.3, -0.25) is 14.9 Å². The van der Waals surface area contributed by atoms with Crippen LogP contribution in [0.3, 0.4) is 0 Å². The average molecular weight is 422 g/mol. The fraction of sp³-hybridized carbons (Fsp3) is 0.320. The van der Waals surface area contributed by atoms with Crippen LogP contribution >= 0.6 is 0 Å². The topological polar surface area (TPSA) is 77.6 Å². The number of amides is 1. The molecule has 0 fully saturated rings. The van der Waals surface area contributed by atoms with Crippen molar-refractivity contribution in [2.75, 3.05) is 19.7 Å². The third kappa shape index (κ3) is 7.07. The van der Waals surface area contributed by atoms with Crippen LogP contribution in [0.2, 0.25) is 0 Å². The summed E-state index contributed by atoms with van der Waals surface area (Å²) < 4.78 is 5.79. The van der Waals surface area contributed by atoms with E-state index in [2.05, 4.69) is 60.3 Å². The predicted molar refractivity (Wildman–Crippen MR) is 124 cm³/mol. The van der Waals surface area contributed by atoms with E-state index in [1.54, 1.807) is 11.6 Å². The molecule has 3 aromatic rings. The summed E-state index contributed by atoms with van der Waals surface area (Å²) in [6.45, 7) is 7.42. The maximum atomic E-state index is 11.1. The van der Waals surface area contributed by atoms with Crippen molar-refractivity contribution in [3.05, 3.63) is 77.5 Å². The Morgan fingerprint density at radius 1 is 1.16 bits per heavy atom. The highest BCUT2D eigenvalue weighted by molar-refractivity contribution is 5.90. The predicted octanol–water partition coefficient (Wildman–Crippen LogP) is 4.16. The second kappa shape index (κ2) is 11.5. The van der Waals surface area contributed by atoms with Gasteiger partial charge in [0.05, 0.1) is 12.7 Å². The number of hydrogen-bond acceptors (Lipinski definition) is 4. The molecule has 6 nitrogen and oxygen atoms in total. The summed E-state index contributed by atoms with van der Waals surface area (Å²) in [4.78, 5) is 16.9. The molecular formula is C25H31N3O3. The SMILES string of the molecule is CC(C)OCCN(CCc1c[nH]c2ccccc12)Cc1ccc(/C=C/C(=O)NO)cc1. The second-order valence-corrected chi connectivity index (χ2v) is 7.86. The lowest BCUT2D eigenvalue weighted by Crippen LogP contribution is -2.30. The number of fused-ring (bicyclic) bond motifs is 1. The summed E-state index contributed by atoms with van der Waals surface area (Å²) in [5, 5.41) is 9.85. The van der Waals surface area contributed by atoms with Crippen LogP contribution in [-0.2, 0) is 22.5 Å². The summed E-state index contributed by atoms with van der Waals surface area (Å²) in [7, 11) is 0. The summed E-state index contributed by atoms with van der Waals surface area (Å²) in [5.74, 6) is -0.544. The number of para-hydroxylation sites is 1. The van der Waals surface area contributed by atoms with Gasteiger partial charge in [-0.25, -0.2) is 5.48 Å². The summed E-state index contributed by atoms with van der Waals surface area (Å²) in [5.41, 5.74) is 6.19. The molecule has 0 aliphatic rings. The number of nitrogens with zero attached hydrogens (tertiary/aromatic N) is 1. The molecule has 3 rings (SSSR count). The van der Waals surface area contributed by atoms with Gasteiger partial charge < -0.3 is 9.72 Å². The molecule has 3 N–H and O–H groups in total. The van der Waals surface area contributed by atoms with Crippen LogP contribution in [0.15, 0.2) is 60.8 Å². The second-order valence-electron chi connectivity index (χ2n) is 7.86. The van der Waals surface area contributed by atoms with Gasteiger partial charge in [0.25, 0.3) is 5.91 Å². The monoisotopic (exact) mass is 421 g/mol. The van der Waals surface area contributed by atoms with Gasteiger partial charge in [0.1, 0.15) is 0 Å². The van der Waals surface area contributed by atoms with Gasteiger partial charge in [-0.1, -0.05) is 42.5 Å². The van der Waals surface area contributed by atoms with E-state index in [1.165, 1.54) is 28.1 Å². The number of carbonyl (C=O) groups is 1. The third-order valence-electron chi connectivity index (χ3n) is 5.15. The summed E-state index contributed by atoms with van der Waals surface area (Å²) in [6.07, 6.45) is 6.25. The zero-order valence-electron chi connectivity index (χ0n) is 18.2. The van der Waals surface area contributed by atoms with Crippen molar-refractivity contribution in [3.63, 3.8) is 0 Å². The minimum absolute atomic E-state index is 0.220. The van der Waals surface area contributed by atoms with Gasteiger partial charge in [0.15, 0.2) is 0 Å². The molecule has 2 aromatic carbocycles. The number of rotatable bonds is 11. The highest BCUT2D eigenvalue weighted by Gasteiger charge is 2.10. The van der Waals surface area contributed by atoms with E-state index in [-0.39, 0.29) is 6.10 Å². The van der Waals surface area contributed by atoms with E-state index in [0.717, 1.165) is 31.6 Å². The first kappa shape index (κ1) is 22.7. The van der Waals surface area contributed by atoms with Gasteiger partial charge in [0.2, 0.25) is 0 Å². The molecule has 0 radical (unpaired) electrons. The van der Waals surface area contributed by atoms with Gasteiger partial charge in [0, 0.05) is 42.8 Å². The molecular weight excluding hydrogens is 390 g/mol. The molecule has 1 heterocycles. The number of benzene rings is 2. The van der Waals surface area contributed by atoms with Crippen molar-refractivity contribution in [1.82, 2.24) is 15.4 Å². The van der Waals surface area contributed by atoms with E-state index < -0.39 is 5.91 Å². The summed E-state index contributed by atoms with van der Waals surface area (Å²) >= 11 is 0. The van der Waals surface area contributed by atoms with Gasteiger partial charge >= 0.3 is 0 Å². The Labute approximate surface area is 183 Å². The van der Waals surface area contributed by atoms with Gasteiger partial charge in [-0.05, 0) is 49.1 Å². The minimum atomic E-state index is -0.544. The largest absolute Gasteiger partial charge is 0.377 e. The maximum Gasteiger partial charge on any atom is 0.267 e. The molecule has 0 atom stereocenters. The van der Waals surface area contributed by atoms with E-state index in [1.807, 2.05) is 18.2 Å². The van der Waals surface area contributed by atoms with Crippen LogP contribution < -0.4 is 5.48 Å². The number of nitrogens with one attached hydrogen (secondary N) is 2. The molecule has 0 bridgehead atoms. The highest BCUT2D eigenvalue weighted by Crippen LogP contribution is 2.19. The van der Waals surface area contributed by atoms with Crippen molar-refractivity contribution < 1.29 is 14.7 Å². The Morgan fingerprint density at radius 3 is 2.68 bits per heavy atom. The Bertz CT molecular complexity index is 993. The van der Waals surface area contributed by atoms with Gasteiger partial charge in [-0.15, -0.1) is 0 Å². The molecule has 31 heavy (non-hydrogen) atoms. The number of hydrogen-bond donors (Lipinski definition) is 3. The molecule has 0 saturated carbocycles. The molecule has 164 valence electrons.